The molecule has 0 bridgehead atoms. The zero-order chi connectivity index (χ0) is 5.21. The van der Waals surface area contributed by atoms with Gasteiger partial charge in [0.05, 0.1) is 0 Å². The van der Waals surface area contributed by atoms with Crippen molar-refractivity contribution in [2.75, 3.05) is 4.71 Å². The molecular formula is C3H8Cl2Ge. The van der Waals surface area contributed by atoms with Crippen molar-refractivity contribution in [3.8, 4) is 0 Å². The molecular weight excluding hydrogens is 180 g/mol. The number of hydrogen-bond donors (Lipinski definition) is 0. The van der Waals surface area contributed by atoms with Gasteiger partial charge in [0.1, 0.15) is 0 Å². The summed E-state index contributed by atoms with van der Waals surface area (Å²) in [5.74, 6) is 4.13. The molecule has 0 rings (SSSR count). The molecule has 0 spiro atoms. The van der Waals surface area contributed by atoms with Gasteiger partial charge in [0.2, 0.25) is 0 Å². The summed E-state index contributed by atoms with van der Waals surface area (Å²) in [5, 5.41) is 0. The topological polar surface area (TPSA) is 0 Å². The molecule has 0 aliphatic rings. The second kappa shape index (κ2) is 2.44. The van der Waals surface area contributed by atoms with Crippen LogP contribution in [0.2, 0.25) is 11.5 Å². The number of alkyl halides is 1. The summed E-state index contributed by atoms with van der Waals surface area (Å²) in [6.07, 6.45) is 0. The molecule has 3 heteroatoms. The van der Waals surface area contributed by atoms with Crippen molar-refractivity contribution in [2.45, 2.75) is 11.5 Å². The molecule has 0 atom stereocenters. The van der Waals surface area contributed by atoms with E-state index in [2.05, 4.69) is 11.5 Å². The fraction of sp³-hybridized carbons (Fsp3) is 1.00. The van der Waals surface area contributed by atoms with E-state index in [4.69, 9.17) is 21.6 Å². The zero-order valence-corrected chi connectivity index (χ0v) is 7.57. The van der Waals surface area contributed by atoms with Gasteiger partial charge in [-0.3, -0.25) is 0 Å². The van der Waals surface area contributed by atoms with E-state index in [1.165, 1.54) is 0 Å². The predicted molar refractivity (Wildman–Crippen MR) is 34.1 cm³/mol. The Morgan fingerprint density at radius 3 is 1.67 bits per heavy atom. The van der Waals surface area contributed by atoms with Crippen LogP contribution in [0.25, 0.3) is 0 Å². The van der Waals surface area contributed by atoms with E-state index >= 15 is 0 Å². The van der Waals surface area contributed by atoms with Gasteiger partial charge in [-0.05, 0) is 0 Å². The van der Waals surface area contributed by atoms with Crippen LogP contribution in [-0.4, -0.2) is 17.0 Å². The SMILES string of the molecule is [CH3][Ge]([CH3])([Cl])[CH2]Cl. The maximum atomic E-state index is 5.77. The van der Waals surface area contributed by atoms with E-state index in [1.54, 1.807) is 0 Å². The molecule has 0 nitrogen and oxygen atoms in total. The van der Waals surface area contributed by atoms with Crippen LogP contribution < -0.4 is 0 Å². The molecule has 0 amide bonds. The van der Waals surface area contributed by atoms with Gasteiger partial charge in [-0.15, -0.1) is 0 Å². The monoisotopic (exact) mass is 188 g/mol. The van der Waals surface area contributed by atoms with Crippen LogP contribution in [-0.2, 0) is 0 Å². The van der Waals surface area contributed by atoms with Crippen LogP contribution in [0.3, 0.4) is 0 Å². The Labute approximate surface area is 50.4 Å². The van der Waals surface area contributed by atoms with Crippen LogP contribution in [0.5, 0.6) is 0 Å². The maximum absolute atomic E-state index is 5.77. The number of rotatable bonds is 1. The minimum absolute atomic E-state index is 0.696. The first-order valence-corrected chi connectivity index (χ1v) is 10.8. The first-order chi connectivity index (χ1) is 2.56. The molecule has 0 unspecified atom stereocenters. The van der Waals surface area contributed by atoms with Crippen LogP contribution >= 0.6 is 21.6 Å². The van der Waals surface area contributed by atoms with Crippen molar-refractivity contribution in [2.24, 2.45) is 0 Å². The third-order valence-electron chi connectivity index (χ3n) is 0.318. The zero-order valence-electron chi connectivity index (χ0n) is 3.96. The van der Waals surface area contributed by atoms with Gasteiger partial charge < -0.3 is 0 Å². The summed E-state index contributed by atoms with van der Waals surface area (Å²) in [7, 11) is 5.77. The first-order valence-electron chi connectivity index (χ1n) is 1.81. The molecule has 0 saturated carbocycles. The first kappa shape index (κ1) is 7.12. The summed E-state index contributed by atoms with van der Waals surface area (Å²) in [6.45, 7) is 0. The fourth-order valence-corrected chi connectivity index (χ4v) is 0. The third kappa shape index (κ3) is 5.12. The van der Waals surface area contributed by atoms with Gasteiger partial charge in [0, 0.05) is 0 Å². The Morgan fingerprint density at radius 1 is 1.50 bits per heavy atom. The summed E-state index contributed by atoms with van der Waals surface area (Å²) < 4.78 is 0.696. The van der Waals surface area contributed by atoms with Gasteiger partial charge in [0.25, 0.3) is 0 Å². The molecule has 0 fully saturated rings. The summed E-state index contributed by atoms with van der Waals surface area (Å²) in [5.41, 5.74) is 0. The van der Waals surface area contributed by atoms with Gasteiger partial charge in [-0.2, -0.15) is 0 Å². The molecule has 0 aromatic heterocycles. The van der Waals surface area contributed by atoms with Crippen molar-refractivity contribution in [1.29, 1.82) is 0 Å². The van der Waals surface area contributed by atoms with Crippen LogP contribution in [0.1, 0.15) is 0 Å². The van der Waals surface area contributed by atoms with Gasteiger partial charge in [-0.1, -0.05) is 0 Å². The van der Waals surface area contributed by atoms with Crippen molar-refractivity contribution < 1.29 is 0 Å². The molecule has 0 aromatic carbocycles. The number of hydrogen-bond acceptors (Lipinski definition) is 0. The van der Waals surface area contributed by atoms with Crippen molar-refractivity contribution in [1.82, 2.24) is 0 Å². The van der Waals surface area contributed by atoms with E-state index in [0.29, 0.717) is 4.71 Å². The van der Waals surface area contributed by atoms with Gasteiger partial charge in [0.15, 0.2) is 0 Å². The second-order valence-electron chi connectivity index (χ2n) is 1.85. The van der Waals surface area contributed by atoms with E-state index in [0.717, 1.165) is 0 Å². The predicted octanol–water partition coefficient (Wildman–Crippen LogP) is 2.21. The average molecular weight is 188 g/mol. The van der Waals surface area contributed by atoms with Crippen molar-refractivity contribution in [3.05, 3.63) is 0 Å². The molecule has 0 heterocycles. The Hall–Kier alpha value is 1.12. The normalized spacial score (nSPS) is 12.0. The van der Waals surface area contributed by atoms with E-state index in [-0.39, 0.29) is 0 Å². The van der Waals surface area contributed by atoms with E-state index < -0.39 is 12.3 Å². The molecule has 0 N–H and O–H groups in total. The molecule has 0 aliphatic heterocycles. The Morgan fingerprint density at radius 2 is 1.67 bits per heavy atom. The quantitative estimate of drug-likeness (QED) is 0.436. The van der Waals surface area contributed by atoms with Gasteiger partial charge in [-0.25, -0.2) is 0 Å². The molecule has 38 valence electrons. The van der Waals surface area contributed by atoms with Crippen molar-refractivity contribution >= 4 is 33.9 Å². The molecule has 0 aromatic rings. The summed E-state index contributed by atoms with van der Waals surface area (Å²) in [6, 6.07) is 0. The third-order valence-corrected chi connectivity index (χ3v) is 6.53. The van der Waals surface area contributed by atoms with Crippen LogP contribution in [0.4, 0.5) is 0 Å². The van der Waals surface area contributed by atoms with Crippen LogP contribution in [0.15, 0.2) is 0 Å². The van der Waals surface area contributed by atoms with Crippen LogP contribution in [0, 0.1) is 0 Å². The van der Waals surface area contributed by atoms with E-state index in [9.17, 15) is 0 Å². The summed E-state index contributed by atoms with van der Waals surface area (Å²) >= 11 is 3.62. The second-order valence-corrected chi connectivity index (χ2v) is 16.3. The molecule has 6 heavy (non-hydrogen) atoms. The standard InChI is InChI=1S/C3H8Cl2Ge/c1-6(2,5)3-4/h3H2,1-2H3. The average Bonchev–Trinajstić information content (AvgIpc) is 1.35. The Bertz CT molecular complexity index is 38.5. The van der Waals surface area contributed by atoms with E-state index in [1.807, 2.05) is 0 Å². The van der Waals surface area contributed by atoms with Crippen molar-refractivity contribution in [3.63, 3.8) is 0 Å². The molecule has 0 saturated heterocycles. The Kier molecular flexibility index (Phi) is 2.89. The minimum atomic E-state index is -1.80. The Balaban J connectivity index is 3.17. The molecule has 0 radical (unpaired) electrons. The van der Waals surface area contributed by atoms with Gasteiger partial charge >= 0.3 is 50.2 Å². The number of halogens is 2. The molecule has 0 aliphatic carbocycles. The fourth-order valence-electron chi connectivity index (χ4n) is 0. The summed E-state index contributed by atoms with van der Waals surface area (Å²) in [4.78, 5) is 0.